The van der Waals surface area contributed by atoms with Crippen LogP contribution in [0.3, 0.4) is 0 Å². The van der Waals surface area contributed by atoms with Crippen molar-refractivity contribution < 1.29 is 9.59 Å². The molecule has 3 N–H and O–H groups in total. The molecule has 0 atom stereocenters. The fourth-order valence-electron chi connectivity index (χ4n) is 1.64. The van der Waals surface area contributed by atoms with E-state index in [0.29, 0.717) is 11.3 Å². The van der Waals surface area contributed by atoms with Crippen molar-refractivity contribution in [2.75, 3.05) is 5.32 Å². The van der Waals surface area contributed by atoms with Crippen molar-refractivity contribution in [3.8, 4) is 0 Å². The van der Waals surface area contributed by atoms with Gasteiger partial charge in [0.1, 0.15) is 0 Å². The number of rotatable bonds is 5. The van der Waals surface area contributed by atoms with Crippen LogP contribution < -0.4 is 10.7 Å². The molecule has 0 radical (unpaired) electrons. The SMILES string of the molecule is CC(C)C(=O)Nc1ccc(C(=O)NN=Cc2ccc[nH]2)cc1. The van der Waals surface area contributed by atoms with Gasteiger partial charge in [-0.1, -0.05) is 13.8 Å². The topological polar surface area (TPSA) is 86.3 Å². The summed E-state index contributed by atoms with van der Waals surface area (Å²) in [7, 11) is 0. The number of amides is 2. The van der Waals surface area contributed by atoms with Crippen LogP contribution in [0, 0.1) is 5.92 Å². The first-order chi connectivity index (χ1) is 10.6. The average molecular weight is 298 g/mol. The van der Waals surface area contributed by atoms with Crippen LogP contribution >= 0.6 is 0 Å². The summed E-state index contributed by atoms with van der Waals surface area (Å²) < 4.78 is 0. The number of hydrazone groups is 1. The molecular weight excluding hydrogens is 280 g/mol. The van der Waals surface area contributed by atoms with Gasteiger partial charge in [-0.3, -0.25) is 9.59 Å². The van der Waals surface area contributed by atoms with Crippen LogP contribution in [-0.2, 0) is 4.79 Å². The minimum atomic E-state index is -0.315. The van der Waals surface area contributed by atoms with E-state index in [-0.39, 0.29) is 17.7 Å². The maximum absolute atomic E-state index is 11.9. The molecule has 2 amide bonds. The van der Waals surface area contributed by atoms with Gasteiger partial charge >= 0.3 is 0 Å². The van der Waals surface area contributed by atoms with E-state index < -0.39 is 0 Å². The third kappa shape index (κ3) is 4.31. The number of hydrogen-bond acceptors (Lipinski definition) is 3. The first kappa shape index (κ1) is 15.5. The van der Waals surface area contributed by atoms with Gasteiger partial charge in [0.05, 0.1) is 11.9 Å². The lowest BCUT2D eigenvalue weighted by Crippen LogP contribution is -2.19. The van der Waals surface area contributed by atoms with E-state index in [1.165, 1.54) is 6.21 Å². The van der Waals surface area contributed by atoms with Gasteiger partial charge in [0.15, 0.2) is 0 Å². The Morgan fingerprint density at radius 1 is 1.18 bits per heavy atom. The van der Waals surface area contributed by atoms with Crippen molar-refractivity contribution in [1.82, 2.24) is 10.4 Å². The summed E-state index contributed by atoms with van der Waals surface area (Å²) in [5.41, 5.74) is 4.36. The Morgan fingerprint density at radius 3 is 2.50 bits per heavy atom. The Kier molecular flexibility index (Phi) is 5.08. The molecule has 0 bridgehead atoms. The molecule has 0 fully saturated rings. The maximum Gasteiger partial charge on any atom is 0.271 e. The van der Waals surface area contributed by atoms with Gasteiger partial charge < -0.3 is 10.3 Å². The molecule has 0 saturated heterocycles. The van der Waals surface area contributed by atoms with Crippen molar-refractivity contribution in [2.24, 2.45) is 11.0 Å². The molecule has 6 nitrogen and oxygen atoms in total. The van der Waals surface area contributed by atoms with Gasteiger partial charge in [-0.05, 0) is 36.4 Å². The van der Waals surface area contributed by atoms with E-state index in [4.69, 9.17) is 0 Å². The maximum atomic E-state index is 11.9. The van der Waals surface area contributed by atoms with Crippen molar-refractivity contribution in [3.63, 3.8) is 0 Å². The van der Waals surface area contributed by atoms with Crippen molar-refractivity contribution in [2.45, 2.75) is 13.8 Å². The lowest BCUT2D eigenvalue weighted by atomic mass is 10.1. The van der Waals surface area contributed by atoms with Crippen LogP contribution in [0.2, 0.25) is 0 Å². The van der Waals surface area contributed by atoms with Gasteiger partial charge in [0.25, 0.3) is 5.91 Å². The van der Waals surface area contributed by atoms with Crippen LogP contribution in [0.5, 0.6) is 0 Å². The lowest BCUT2D eigenvalue weighted by molar-refractivity contribution is -0.118. The molecule has 0 unspecified atom stereocenters. The second-order valence-electron chi connectivity index (χ2n) is 5.05. The van der Waals surface area contributed by atoms with Gasteiger partial charge in [-0.25, -0.2) is 5.43 Å². The third-order valence-corrected chi connectivity index (χ3v) is 2.93. The van der Waals surface area contributed by atoms with Gasteiger partial charge in [0, 0.05) is 23.4 Å². The van der Waals surface area contributed by atoms with Crippen LogP contribution in [0.15, 0.2) is 47.7 Å². The monoisotopic (exact) mass is 298 g/mol. The molecule has 1 aromatic carbocycles. The standard InChI is InChI=1S/C16H18N4O2/c1-11(2)15(21)19-13-7-5-12(6-8-13)16(22)20-18-10-14-4-3-9-17-14/h3-11,17H,1-2H3,(H,19,21)(H,20,22). The van der Waals surface area contributed by atoms with Gasteiger partial charge in [-0.15, -0.1) is 0 Å². The number of carbonyl (C=O) groups excluding carboxylic acids is 2. The largest absolute Gasteiger partial charge is 0.360 e. The van der Waals surface area contributed by atoms with Crippen LogP contribution in [0.4, 0.5) is 5.69 Å². The zero-order chi connectivity index (χ0) is 15.9. The number of aromatic nitrogens is 1. The zero-order valence-electron chi connectivity index (χ0n) is 12.5. The molecule has 6 heteroatoms. The number of benzene rings is 1. The number of nitrogens with zero attached hydrogens (tertiary/aromatic N) is 1. The Morgan fingerprint density at radius 2 is 1.91 bits per heavy atom. The normalized spacial score (nSPS) is 10.9. The Balaban J connectivity index is 1.92. The highest BCUT2D eigenvalue weighted by Crippen LogP contribution is 2.11. The summed E-state index contributed by atoms with van der Waals surface area (Å²) in [4.78, 5) is 26.4. The van der Waals surface area contributed by atoms with E-state index in [0.717, 1.165) is 5.69 Å². The minimum absolute atomic E-state index is 0.0623. The van der Waals surface area contributed by atoms with Gasteiger partial charge in [-0.2, -0.15) is 5.10 Å². The summed E-state index contributed by atoms with van der Waals surface area (Å²) in [5.74, 6) is -0.470. The Hall–Kier alpha value is -2.89. The third-order valence-electron chi connectivity index (χ3n) is 2.93. The van der Waals surface area contributed by atoms with Crippen molar-refractivity contribution >= 4 is 23.7 Å². The van der Waals surface area contributed by atoms with E-state index in [1.807, 2.05) is 26.0 Å². The second kappa shape index (κ2) is 7.21. The summed E-state index contributed by atoms with van der Waals surface area (Å²) in [6, 6.07) is 10.3. The van der Waals surface area contributed by atoms with E-state index in [1.54, 1.807) is 30.5 Å². The molecule has 2 aromatic rings. The van der Waals surface area contributed by atoms with E-state index in [2.05, 4.69) is 20.8 Å². The summed E-state index contributed by atoms with van der Waals surface area (Å²) >= 11 is 0. The first-order valence-corrected chi connectivity index (χ1v) is 6.94. The molecule has 1 heterocycles. The number of H-pyrrole nitrogens is 1. The molecule has 0 aliphatic rings. The predicted molar refractivity (Wildman–Crippen MR) is 85.8 cm³/mol. The molecule has 1 aromatic heterocycles. The van der Waals surface area contributed by atoms with E-state index in [9.17, 15) is 9.59 Å². The lowest BCUT2D eigenvalue weighted by Gasteiger charge is -2.08. The summed E-state index contributed by atoms with van der Waals surface area (Å²) in [6.07, 6.45) is 3.29. The Labute approximate surface area is 128 Å². The molecule has 2 rings (SSSR count). The minimum Gasteiger partial charge on any atom is -0.360 e. The van der Waals surface area contributed by atoms with Crippen molar-refractivity contribution in [1.29, 1.82) is 0 Å². The number of carbonyl (C=O) groups is 2. The fraction of sp³-hybridized carbons (Fsp3) is 0.188. The van der Waals surface area contributed by atoms with Gasteiger partial charge in [0.2, 0.25) is 5.91 Å². The molecule has 0 aliphatic heterocycles. The average Bonchev–Trinajstić information content (AvgIpc) is 3.01. The molecular formula is C16H18N4O2. The van der Waals surface area contributed by atoms with Crippen molar-refractivity contribution in [3.05, 3.63) is 53.9 Å². The molecule has 0 saturated carbocycles. The fourth-order valence-corrected chi connectivity index (χ4v) is 1.64. The molecule has 114 valence electrons. The number of aromatic amines is 1. The summed E-state index contributed by atoms with van der Waals surface area (Å²) in [5, 5.41) is 6.62. The molecule has 22 heavy (non-hydrogen) atoms. The highest BCUT2D eigenvalue weighted by molar-refractivity contribution is 5.96. The summed E-state index contributed by atoms with van der Waals surface area (Å²) in [6.45, 7) is 3.64. The molecule has 0 aliphatic carbocycles. The zero-order valence-corrected chi connectivity index (χ0v) is 12.5. The highest BCUT2D eigenvalue weighted by Gasteiger charge is 2.08. The van der Waals surface area contributed by atoms with E-state index >= 15 is 0 Å². The second-order valence-corrected chi connectivity index (χ2v) is 5.05. The first-order valence-electron chi connectivity index (χ1n) is 6.94. The Bertz CT molecular complexity index is 658. The number of nitrogens with one attached hydrogen (secondary N) is 3. The predicted octanol–water partition coefficient (Wildman–Crippen LogP) is 2.37. The highest BCUT2D eigenvalue weighted by atomic mass is 16.2. The van der Waals surface area contributed by atoms with Crippen LogP contribution in [0.1, 0.15) is 29.9 Å². The smallest absolute Gasteiger partial charge is 0.271 e. The quantitative estimate of drug-likeness (QED) is 0.584. The molecule has 0 spiro atoms. The number of anilines is 1. The van der Waals surface area contributed by atoms with Crippen LogP contribution in [0.25, 0.3) is 0 Å². The van der Waals surface area contributed by atoms with Crippen LogP contribution in [-0.4, -0.2) is 23.0 Å². The number of hydrogen-bond donors (Lipinski definition) is 3.